The normalized spacial score (nSPS) is 27.7. The number of hydrazine groups is 1. The molecule has 2 heterocycles. The molecule has 0 aromatic carbocycles. The quantitative estimate of drug-likeness (QED) is 0.0339. The van der Waals surface area contributed by atoms with Crippen molar-refractivity contribution < 1.29 is 42.9 Å². The third-order valence-corrected chi connectivity index (χ3v) is 10.1. The van der Waals surface area contributed by atoms with Crippen LogP contribution in [0.5, 0.6) is 0 Å². The lowest BCUT2D eigenvalue weighted by Crippen LogP contribution is -2.56. The summed E-state index contributed by atoms with van der Waals surface area (Å²) >= 11 is 0. The minimum absolute atomic E-state index is 0.00606. The van der Waals surface area contributed by atoms with Crippen molar-refractivity contribution in [2.45, 2.75) is 141 Å². The Morgan fingerprint density at radius 2 is 1.69 bits per heavy atom. The van der Waals surface area contributed by atoms with Gasteiger partial charge in [-0.1, -0.05) is 52.2 Å². The lowest BCUT2D eigenvalue weighted by atomic mass is 9.68. The van der Waals surface area contributed by atoms with Crippen molar-refractivity contribution in [1.82, 2.24) is 26.8 Å². The number of epoxide rings is 2. The molecule has 0 bridgehead atoms. The number of ether oxygens (including phenoxy) is 5. The molecule has 1 aliphatic carbocycles. The second-order valence-corrected chi connectivity index (χ2v) is 15.5. The molecule has 292 valence electrons. The number of hydrogen-bond donors (Lipinski definition) is 5. The molecular formula is C37H65N5O9. The zero-order valence-corrected chi connectivity index (χ0v) is 32.1. The molecule has 2 saturated heterocycles. The van der Waals surface area contributed by atoms with E-state index in [9.17, 15) is 19.2 Å². The average Bonchev–Trinajstić information content (AvgIpc) is 3.99. The van der Waals surface area contributed by atoms with E-state index in [0.717, 1.165) is 44.8 Å². The van der Waals surface area contributed by atoms with Gasteiger partial charge in [0.15, 0.2) is 0 Å². The summed E-state index contributed by atoms with van der Waals surface area (Å²) in [4.78, 5) is 48.6. The van der Waals surface area contributed by atoms with Crippen LogP contribution in [0.2, 0.25) is 0 Å². The molecule has 3 aliphatic rings. The van der Waals surface area contributed by atoms with Gasteiger partial charge in [0.1, 0.15) is 36.3 Å². The van der Waals surface area contributed by atoms with Crippen LogP contribution in [0.25, 0.3) is 0 Å². The molecule has 5 N–H and O–H groups in total. The van der Waals surface area contributed by atoms with E-state index in [1.165, 1.54) is 5.57 Å². The SMILES string of the molecule is COC1C(OC(=O)N[C@@H](COC(=O)NCCCCCCNC(=O)CNN[C@H](C=O)CC(C)C)C(C)C)CC[C@]2(CO2)C1C1(C)O[C@@H]1CC=C(C)C. The number of nitrogens with one attached hydrogen (secondary N) is 5. The molecule has 8 atom stereocenters. The number of rotatable bonds is 23. The third kappa shape index (κ3) is 13.6. The van der Waals surface area contributed by atoms with Gasteiger partial charge in [0.2, 0.25) is 5.91 Å². The van der Waals surface area contributed by atoms with E-state index >= 15 is 0 Å². The van der Waals surface area contributed by atoms with Crippen molar-refractivity contribution in [3.05, 3.63) is 11.6 Å². The Morgan fingerprint density at radius 1 is 1.00 bits per heavy atom. The largest absolute Gasteiger partial charge is 0.447 e. The highest BCUT2D eigenvalue weighted by atomic mass is 16.6. The van der Waals surface area contributed by atoms with Crippen LogP contribution >= 0.6 is 0 Å². The second kappa shape index (κ2) is 20.5. The maximum Gasteiger partial charge on any atom is 0.407 e. The lowest BCUT2D eigenvalue weighted by Gasteiger charge is -2.42. The minimum atomic E-state index is -0.573. The van der Waals surface area contributed by atoms with Crippen LogP contribution in [0.4, 0.5) is 9.59 Å². The first-order valence-corrected chi connectivity index (χ1v) is 18.8. The maximum absolute atomic E-state index is 13.1. The van der Waals surface area contributed by atoms with Crippen LogP contribution < -0.4 is 26.8 Å². The molecule has 2 aliphatic heterocycles. The Hall–Kier alpha value is -2.78. The zero-order chi connectivity index (χ0) is 37.6. The van der Waals surface area contributed by atoms with E-state index in [4.69, 9.17) is 23.7 Å². The Morgan fingerprint density at radius 3 is 2.27 bits per heavy atom. The fourth-order valence-corrected chi connectivity index (χ4v) is 7.01. The summed E-state index contributed by atoms with van der Waals surface area (Å²) in [6.07, 6.45) is 7.38. The molecule has 0 aromatic rings. The van der Waals surface area contributed by atoms with Gasteiger partial charge < -0.3 is 44.4 Å². The average molecular weight is 724 g/mol. The number of aldehydes is 1. The van der Waals surface area contributed by atoms with Crippen LogP contribution in [-0.4, -0.2) is 106 Å². The van der Waals surface area contributed by atoms with E-state index in [1.807, 2.05) is 27.7 Å². The van der Waals surface area contributed by atoms with Crippen LogP contribution in [0.1, 0.15) is 99.8 Å². The highest BCUT2D eigenvalue weighted by molar-refractivity contribution is 5.77. The molecule has 51 heavy (non-hydrogen) atoms. The van der Waals surface area contributed by atoms with Crippen LogP contribution in [0.3, 0.4) is 0 Å². The molecule has 0 aromatic heterocycles. The number of hydrogen-bond acceptors (Lipinski definition) is 11. The number of methoxy groups -OCH3 is 1. The van der Waals surface area contributed by atoms with Gasteiger partial charge in [-0.2, -0.15) is 0 Å². The topological polar surface area (TPSA) is 181 Å². The molecule has 3 amide bonds. The van der Waals surface area contributed by atoms with E-state index in [1.54, 1.807) is 7.11 Å². The molecule has 14 heteroatoms. The Balaban J connectivity index is 1.30. The van der Waals surface area contributed by atoms with Gasteiger partial charge in [-0.25, -0.2) is 20.4 Å². The summed E-state index contributed by atoms with van der Waals surface area (Å²) in [5.41, 5.74) is 6.19. The highest BCUT2D eigenvalue weighted by Gasteiger charge is 2.72. The summed E-state index contributed by atoms with van der Waals surface area (Å²) in [7, 11) is 1.65. The molecule has 1 spiro atoms. The summed E-state index contributed by atoms with van der Waals surface area (Å²) in [5.74, 6) is 0.150. The van der Waals surface area contributed by atoms with Crippen LogP contribution in [0, 0.1) is 17.8 Å². The van der Waals surface area contributed by atoms with Crippen LogP contribution in [-0.2, 0) is 33.3 Å². The van der Waals surface area contributed by atoms with Crippen molar-refractivity contribution in [2.75, 3.05) is 40.0 Å². The molecule has 3 fully saturated rings. The first kappa shape index (κ1) is 42.6. The molecule has 4 unspecified atom stereocenters. The van der Waals surface area contributed by atoms with E-state index < -0.39 is 29.9 Å². The lowest BCUT2D eigenvalue weighted by molar-refractivity contribution is -0.120. The van der Waals surface area contributed by atoms with E-state index in [0.29, 0.717) is 38.5 Å². The first-order valence-electron chi connectivity index (χ1n) is 18.8. The third-order valence-electron chi connectivity index (χ3n) is 10.1. The second-order valence-electron chi connectivity index (χ2n) is 15.5. The first-order chi connectivity index (χ1) is 24.2. The van der Waals surface area contributed by atoms with Gasteiger partial charge in [0, 0.05) is 20.2 Å². The number of alkyl carbamates (subject to hydrolysis) is 2. The number of amides is 3. The van der Waals surface area contributed by atoms with Crippen molar-refractivity contribution in [2.24, 2.45) is 17.8 Å². The van der Waals surface area contributed by atoms with Gasteiger partial charge in [-0.3, -0.25) is 4.79 Å². The highest BCUT2D eigenvalue weighted by Crippen LogP contribution is 2.59. The van der Waals surface area contributed by atoms with Gasteiger partial charge in [-0.05, 0) is 71.1 Å². The van der Waals surface area contributed by atoms with Crippen molar-refractivity contribution >= 4 is 24.4 Å². The fraction of sp³-hybridized carbons (Fsp3) is 0.838. The number of unbranched alkanes of at least 4 members (excludes halogenated alkanes) is 3. The summed E-state index contributed by atoms with van der Waals surface area (Å²) in [6.45, 7) is 16.0. The van der Waals surface area contributed by atoms with E-state index in [-0.39, 0.29) is 54.7 Å². The predicted octanol–water partition coefficient (Wildman–Crippen LogP) is 3.92. The molecule has 3 rings (SSSR count). The zero-order valence-electron chi connectivity index (χ0n) is 32.1. The van der Waals surface area contributed by atoms with Crippen molar-refractivity contribution in [1.29, 1.82) is 0 Å². The summed E-state index contributed by atoms with van der Waals surface area (Å²) in [6, 6.07) is -0.762. The fourth-order valence-electron chi connectivity index (χ4n) is 7.01. The van der Waals surface area contributed by atoms with Crippen LogP contribution in [0.15, 0.2) is 11.6 Å². The number of carbonyl (C=O) groups excluding carboxylic acids is 4. The standard InChI is InChI=1S/C37H65N5O9/c1-24(2)13-14-30-36(7,51-30)33-32(47-8)29(15-16-37(33)23-49-37)50-35(46)41-28(26(5)6)22-48-34(45)39-18-12-10-9-11-17-38-31(44)20-40-42-27(21-43)19-25(3)4/h13,21,25-30,32-33,40,42H,9-12,14-20,22-23H2,1-8H3,(H,38,44)(H,39,45)(H,41,46)/t27-,28-,29?,30+,32?,33?,36?,37-/m0/s1. The Labute approximate surface area is 304 Å². The predicted molar refractivity (Wildman–Crippen MR) is 193 cm³/mol. The van der Waals surface area contributed by atoms with Gasteiger partial charge in [0.25, 0.3) is 0 Å². The smallest absolute Gasteiger partial charge is 0.407 e. The molecule has 0 radical (unpaired) electrons. The van der Waals surface area contributed by atoms with Crippen molar-refractivity contribution in [3.63, 3.8) is 0 Å². The molecule has 14 nitrogen and oxygen atoms in total. The minimum Gasteiger partial charge on any atom is -0.447 e. The Kier molecular flexibility index (Phi) is 17.1. The Bertz CT molecular complexity index is 1160. The van der Waals surface area contributed by atoms with E-state index in [2.05, 4.69) is 53.6 Å². The van der Waals surface area contributed by atoms with Gasteiger partial charge in [-0.15, -0.1) is 0 Å². The monoisotopic (exact) mass is 723 g/mol. The molecular weight excluding hydrogens is 658 g/mol. The summed E-state index contributed by atoms with van der Waals surface area (Å²) in [5, 5.41) is 8.51. The summed E-state index contributed by atoms with van der Waals surface area (Å²) < 4.78 is 29.7. The number of allylic oxidation sites excluding steroid dienone is 1. The number of carbonyl (C=O) groups is 4. The van der Waals surface area contributed by atoms with Gasteiger partial charge in [0.05, 0.1) is 37.3 Å². The van der Waals surface area contributed by atoms with Gasteiger partial charge >= 0.3 is 12.2 Å². The van der Waals surface area contributed by atoms with Crippen molar-refractivity contribution in [3.8, 4) is 0 Å². The maximum atomic E-state index is 13.1. The molecule has 1 saturated carbocycles.